The van der Waals surface area contributed by atoms with Crippen LogP contribution in [0.15, 0.2) is 12.3 Å². The van der Waals surface area contributed by atoms with Gasteiger partial charge in [0.15, 0.2) is 0 Å². The van der Waals surface area contributed by atoms with E-state index in [4.69, 9.17) is 15.3 Å². The minimum Gasteiger partial charge on any atom is -0.481 e. The molecule has 0 saturated heterocycles. The quantitative estimate of drug-likeness (QED) is 0.0417. The van der Waals surface area contributed by atoms with Gasteiger partial charge in [-0.3, -0.25) is 14.4 Å². The second-order valence-corrected chi connectivity index (χ2v) is 17.4. The highest BCUT2D eigenvalue weighted by Gasteiger charge is 1.99. The number of carbonyl (C=O) groups is 3. The molecule has 342 valence electrons. The van der Waals surface area contributed by atoms with E-state index in [1.165, 1.54) is 212 Å². The van der Waals surface area contributed by atoms with E-state index in [0.717, 1.165) is 48.8 Å². The van der Waals surface area contributed by atoms with Gasteiger partial charge in [-0.05, 0) is 19.3 Å². The minimum atomic E-state index is -0.655. The summed E-state index contributed by atoms with van der Waals surface area (Å²) in [5.41, 5.74) is 1.89. The first-order chi connectivity index (χ1) is 27.7. The van der Waals surface area contributed by atoms with Crippen LogP contribution >= 0.6 is 0 Å². The third kappa shape index (κ3) is 79.3. The summed E-state index contributed by atoms with van der Waals surface area (Å²) in [6, 6.07) is 0. The summed E-state index contributed by atoms with van der Waals surface area (Å²) in [4.78, 5) is 30.9. The summed E-state index contributed by atoms with van der Waals surface area (Å²) in [7, 11) is 1.13. The zero-order valence-corrected chi connectivity index (χ0v) is 41.0. The Morgan fingerprint density at radius 3 is 0.526 bits per heavy atom. The maximum atomic E-state index is 10.3. The maximum absolute atomic E-state index is 10.3. The van der Waals surface area contributed by atoms with Crippen molar-refractivity contribution in [1.29, 1.82) is 0 Å². The summed E-state index contributed by atoms with van der Waals surface area (Å²) in [6.45, 7) is 10.2. The first-order valence-electron chi connectivity index (χ1n) is 25.0. The second kappa shape index (κ2) is 61.0. The van der Waals surface area contributed by atoms with Gasteiger partial charge in [0, 0.05) is 29.5 Å². The summed E-state index contributed by atoms with van der Waals surface area (Å²) in [6.07, 6.45) is 51.8. The third-order valence-corrected chi connectivity index (χ3v) is 10.5. The molecule has 0 aromatic heterocycles. The molecule has 0 aliphatic heterocycles. The van der Waals surface area contributed by atoms with Crippen molar-refractivity contribution in [3.63, 3.8) is 0 Å². The van der Waals surface area contributed by atoms with Crippen LogP contribution in [0.2, 0.25) is 0 Å². The molecule has 0 bridgehead atoms. The van der Waals surface area contributed by atoms with Gasteiger partial charge < -0.3 is 15.3 Å². The molecule has 0 aromatic rings. The molecule has 57 heavy (non-hydrogen) atoms. The number of aliphatic carboxylic acids is 3. The lowest BCUT2D eigenvalue weighted by atomic mass is 10.0. The zero-order chi connectivity index (χ0) is 43.1. The Hall–Kier alpha value is -1.63. The van der Waals surface area contributed by atoms with E-state index in [0.29, 0.717) is 19.3 Å². The fraction of sp³-hybridized carbons (Fsp3) is 0.900. The predicted molar refractivity (Wildman–Crippen MR) is 254 cm³/mol. The van der Waals surface area contributed by atoms with Gasteiger partial charge >= 0.3 is 17.9 Å². The maximum Gasteiger partial charge on any atom is 0.303 e. The average Bonchev–Trinajstić information content (AvgIpc) is 3.17. The highest BCUT2D eigenvalue weighted by Crippen LogP contribution is 2.15. The largest absolute Gasteiger partial charge is 0.481 e. The lowest BCUT2D eigenvalue weighted by molar-refractivity contribution is -0.138. The number of hydrogen-bond acceptors (Lipinski definition) is 3. The van der Waals surface area contributed by atoms with Crippen LogP contribution in [0.5, 0.6) is 0 Å². The van der Waals surface area contributed by atoms with Crippen LogP contribution in [-0.2, 0) is 14.4 Å². The molecule has 0 amide bonds. The van der Waals surface area contributed by atoms with Gasteiger partial charge in [-0.1, -0.05) is 252 Å². The summed E-state index contributed by atoms with van der Waals surface area (Å²) >= 11 is 0. The molecule has 0 rings (SSSR count). The third-order valence-electron chi connectivity index (χ3n) is 10.5. The predicted octanol–water partition coefficient (Wildman–Crippen LogP) is 16.2. The molecule has 0 atom stereocenters. The molecule has 3 N–H and O–H groups in total. The molecule has 0 spiro atoms. The van der Waals surface area contributed by atoms with Crippen LogP contribution in [0.3, 0.4) is 0 Å². The zero-order valence-electron chi connectivity index (χ0n) is 39.0. The Balaban J connectivity index is -0.000000356. The van der Waals surface area contributed by atoms with E-state index in [-0.39, 0.29) is 0 Å². The van der Waals surface area contributed by atoms with E-state index < -0.39 is 17.9 Å². The molecule has 0 aliphatic rings. The SMILES string of the molecule is C=C[SiH3].CCCCCCCCCCCCCCCC(=O)O.CCCCCCCCCCCCCCCC(=O)O.CCCCCCCCCCCCCCCC(=O)O. The summed E-state index contributed by atoms with van der Waals surface area (Å²) in [5.74, 6) is -1.96. The molecule has 0 heterocycles. The van der Waals surface area contributed by atoms with Gasteiger partial charge in [-0.25, -0.2) is 0 Å². The highest BCUT2D eigenvalue weighted by atomic mass is 28.1. The van der Waals surface area contributed by atoms with Gasteiger partial charge in [-0.15, -0.1) is 12.3 Å². The van der Waals surface area contributed by atoms with Crippen molar-refractivity contribution in [3.05, 3.63) is 12.3 Å². The van der Waals surface area contributed by atoms with Gasteiger partial charge in [-0.2, -0.15) is 0 Å². The molecule has 6 nitrogen and oxygen atoms in total. The van der Waals surface area contributed by atoms with Crippen LogP contribution in [0, 0.1) is 0 Å². The topological polar surface area (TPSA) is 112 Å². The Labute approximate surface area is 359 Å². The smallest absolute Gasteiger partial charge is 0.303 e. The Bertz CT molecular complexity index is 679. The first kappa shape index (κ1) is 62.0. The fourth-order valence-electron chi connectivity index (χ4n) is 6.88. The standard InChI is InChI=1S/3C16H32O2.C2H6Si/c3*1-2-3-4-5-6-7-8-9-10-11-12-13-14-15-16(17)18;1-2-3/h3*2-15H2,1H3,(H,17,18);2H,1H2,3H3. The van der Waals surface area contributed by atoms with Crippen LogP contribution in [0.4, 0.5) is 0 Å². The van der Waals surface area contributed by atoms with Gasteiger partial charge in [0.25, 0.3) is 0 Å². The molecule has 0 aliphatic carbocycles. The Morgan fingerprint density at radius 2 is 0.421 bits per heavy atom. The van der Waals surface area contributed by atoms with E-state index in [1.54, 1.807) is 0 Å². The van der Waals surface area contributed by atoms with Crippen molar-refractivity contribution < 1.29 is 29.7 Å². The monoisotopic (exact) mass is 827 g/mol. The van der Waals surface area contributed by atoms with Gasteiger partial charge in [0.2, 0.25) is 0 Å². The van der Waals surface area contributed by atoms with Crippen molar-refractivity contribution in [3.8, 4) is 0 Å². The minimum absolute atomic E-state index is 0.345. The van der Waals surface area contributed by atoms with Gasteiger partial charge in [0.1, 0.15) is 0 Å². The van der Waals surface area contributed by atoms with E-state index in [2.05, 4.69) is 27.4 Å². The second-order valence-electron chi connectivity index (χ2n) is 16.6. The fourth-order valence-corrected chi connectivity index (χ4v) is 6.88. The molecular formula is C50H102O6Si. The summed E-state index contributed by atoms with van der Waals surface area (Å²) < 4.78 is 0. The molecule has 0 fully saturated rings. The molecule has 0 unspecified atom stereocenters. The van der Waals surface area contributed by atoms with Crippen molar-refractivity contribution >= 4 is 28.2 Å². The number of rotatable bonds is 42. The average molecular weight is 827 g/mol. The first-order valence-corrected chi connectivity index (χ1v) is 26.1. The van der Waals surface area contributed by atoms with E-state index in [9.17, 15) is 14.4 Å². The van der Waals surface area contributed by atoms with Crippen molar-refractivity contribution in [2.45, 2.75) is 290 Å². The van der Waals surface area contributed by atoms with Crippen LogP contribution < -0.4 is 0 Å². The van der Waals surface area contributed by atoms with Crippen LogP contribution in [0.25, 0.3) is 0 Å². The highest BCUT2D eigenvalue weighted by molar-refractivity contribution is 6.16. The lowest BCUT2D eigenvalue weighted by Gasteiger charge is -2.02. The van der Waals surface area contributed by atoms with Crippen molar-refractivity contribution in [2.75, 3.05) is 0 Å². The van der Waals surface area contributed by atoms with Crippen LogP contribution in [0.1, 0.15) is 290 Å². The number of hydrogen-bond donors (Lipinski definition) is 3. The van der Waals surface area contributed by atoms with Gasteiger partial charge in [0.05, 0.1) is 0 Å². The van der Waals surface area contributed by atoms with E-state index >= 15 is 0 Å². The molecule has 7 heteroatoms. The number of carboxylic acids is 3. The Kier molecular flexibility index (Phi) is 66.4. The normalized spacial score (nSPS) is 10.4. The Morgan fingerprint density at radius 1 is 0.316 bits per heavy atom. The van der Waals surface area contributed by atoms with Crippen molar-refractivity contribution in [1.82, 2.24) is 0 Å². The van der Waals surface area contributed by atoms with Crippen molar-refractivity contribution in [2.24, 2.45) is 0 Å². The van der Waals surface area contributed by atoms with Crippen LogP contribution in [-0.4, -0.2) is 43.5 Å². The molecule has 0 saturated carbocycles. The number of unbranched alkanes of at least 4 members (excludes halogenated alkanes) is 36. The van der Waals surface area contributed by atoms with E-state index in [1.807, 2.05) is 5.70 Å². The molecule has 0 radical (unpaired) electrons. The molecule has 0 aromatic carbocycles. The summed E-state index contributed by atoms with van der Waals surface area (Å²) in [5, 5.41) is 25.5. The number of carboxylic acid groups (broad SMARTS) is 3. The lowest BCUT2D eigenvalue weighted by Crippen LogP contribution is -1.93. The molecular weight excluding hydrogens is 725 g/mol.